The van der Waals surface area contributed by atoms with Gasteiger partial charge in [0, 0.05) is 5.69 Å². The first-order chi connectivity index (χ1) is 12.0. The van der Waals surface area contributed by atoms with Gasteiger partial charge in [0.15, 0.2) is 0 Å². The van der Waals surface area contributed by atoms with Gasteiger partial charge < -0.3 is 5.32 Å². The minimum atomic E-state index is -0.813. The molecule has 25 heavy (non-hydrogen) atoms. The summed E-state index contributed by atoms with van der Waals surface area (Å²) in [6.45, 7) is 5.57. The van der Waals surface area contributed by atoms with E-state index in [-0.39, 0.29) is 0 Å². The fourth-order valence-corrected chi connectivity index (χ4v) is 2.14. The Morgan fingerprint density at radius 1 is 1.00 bits per heavy atom. The quantitative estimate of drug-likeness (QED) is 0.510. The third kappa shape index (κ3) is 5.73. The van der Waals surface area contributed by atoms with Crippen molar-refractivity contribution in [3.63, 3.8) is 0 Å². The summed E-state index contributed by atoms with van der Waals surface area (Å²) in [5, 5.41) is 6.49. The third-order valence-corrected chi connectivity index (χ3v) is 3.49. The number of hydrogen-bond donors (Lipinski definition) is 2. The smallest absolute Gasteiger partial charge is 0.317 e. The number of carbonyl (C=O) groups is 2. The first kappa shape index (κ1) is 18.1. The number of allylic oxidation sites excluding steroid dienone is 1. The van der Waals surface area contributed by atoms with Crippen molar-refractivity contribution < 1.29 is 9.59 Å². The number of hydrazone groups is 1. The Morgan fingerprint density at radius 2 is 1.72 bits per heavy atom. The van der Waals surface area contributed by atoms with E-state index in [0.717, 1.165) is 16.7 Å². The number of carbonyl (C=O) groups excluding carboxylic acids is 2. The van der Waals surface area contributed by atoms with Crippen LogP contribution in [0.3, 0.4) is 0 Å². The van der Waals surface area contributed by atoms with Gasteiger partial charge in [0.25, 0.3) is 0 Å². The Morgan fingerprint density at radius 3 is 2.40 bits per heavy atom. The van der Waals surface area contributed by atoms with E-state index in [1.165, 1.54) is 0 Å². The van der Waals surface area contributed by atoms with Crippen molar-refractivity contribution in [1.29, 1.82) is 0 Å². The average Bonchev–Trinajstić information content (AvgIpc) is 2.61. The van der Waals surface area contributed by atoms with Gasteiger partial charge in [-0.25, -0.2) is 5.43 Å². The summed E-state index contributed by atoms with van der Waals surface area (Å²) >= 11 is 0. The van der Waals surface area contributed by atoms with Crippen LogP contribution in [0.4, 0.5) is 5.69 Å². The molecule has 0 atom stereocenters. The molecule has 0 heterocycles. The highest BCUT2D eigenvalue weighted by atomic mass is 16.2. The van der Waals surface area contributed by atoms with Crippen molar-refractivity contribution in [3.05, 3.63) is 71.3 Å². The summed E-state index contributed by atoms with van der Waals surface area (Å²) in [5.74, 6) is -1.57. The standard InChI is InChI=1S/C20H21N3O2/c1-14-9-12-18(15(2)13-14)21-19(24)20(25)23-22-16(3)10-11-17-7-5-4-6-8-17/h4-13H,1-3H3,(H,21,24)(H,23,25)/b11-10+,22-16-. The number of nitrogens with zero attached hydrogens (tertiary/aromatic N) is 1. The molecule has 0 aliphatic carbocycles. The van der Waals surface area contributed by atoms with Crippen molar-refractivity contribution in [2.45, 2.75) is 20.8 Å². The van der Waals surface area contributed by atoms with Gasteiger partial charge in [-0.15, -0.1) is 0 Å². The summed E-state index contributed by atoms with van der Waals surface area (Å²) in [6.07, 6.45) is 3.64. The number of amides is 2. The van der Waals surface area contributed by atoms with Crippen LogP contribution in [-0.2, 0) is 9.59 Å². The minimum absolute atomic E-state index is 0.580. The summed E-state index contributed by atoms with van der Waals surface area (Å²) in [4.78, 5) is 23.8. The van der Waals surface area contributed by atoms with Crippen molar-refractivity contribution in [3.8, 4) is 0 Å². The number of hydrogen-bond acceptors (Lipinski definition) is 3. The molecule has 0 saturated heterocycles. The first-order valence-corrected chi connectivity index (χ1v) is 7.91. The highest BCUT2D eigenvalue weighted by Gasteiger charge is 2.14. The highest BCUT2D eigenvalue weighted by Crippen LogP contribution is 2.15. The van der Waals surface area contributed by atoms with E-state index in [0.29, 0.717) is 11.4 Å². The molecule has 2 rings (SSSR count). The van der Waals surface area contributed by atoms with Crippen molar-refractivity contribution in [2.75, 3.05) is 5.32 Å². The summed E-state index contributed by atoms with van der Waals surface area (Å²) in [5.41, 5.74) is 6.45. The number of rotatable bonds is 4. The Labute approximate surface area is 147 Å². The molecule has 5 heteroatoms. The Bertz CT molecular complexity index is 824. The van der Waals surface area contributed by atoms with Crippen LogP contribution in [0.5, 0.6) is 0 Å². The molecule has 2 aromatic carbocycles. The highest BCUT2D eigenvalue weighted by molar-refractivity contribution is 6.39. The van der Waals surface area contributed by atoms with Crippen LogP contribution >= 0.6 is 0 Å². The van der Waals surface area contributed by atoms with Gasteiger partial charge in [0.1, 0.15) is 0 Å². The van der Waals surface area contributed by atoms with Gasteiger partial charge in [0.05, 0.1) is 5.71 Å². The molecule has 0 saturated carbocycles. The third-order valence-electron chi connectivity index (χ3n) is 3.49. The van der Waals surface area contributed by atoms with Gasteiger partial charge in [-0.05, 0) is 44.0 Å². The van der Waals surface area contributed by atoms with Crippen LogP contribution in [0.1, 0.15) is 23.6 Å². The zero-order valence-corrected chi connectivity index (χ0v) is 14.5. The van der Waals surface area contributed by atoms with Crippen LogP contribution in [0.25, 0.3) is 6.08 Å². The molecule has 2 amide bonds. The molecule has 0 unspecified atom stereocenters. The van der Waals surface area contributed by atoms with Crippen LogP contribution < -0.4 is 10.7 Å². The summed E-state index contributed by atoms with van der Waals surface area (Å²) < 4.78 is 0. The molecule has 0 bridgehead atoms. The molecule has 2 aromatic rings. The lowest BCUT2D eigenvalue weighted by atomic mass is 10.1. The maximum atomic E-state index is 11.9. The Balaban J connectivity index is 1.92. The zero-order valence-electron chi connectivity index (χ0n) is 14.5. The molecule has 0 fully saturated rings. The maximum absolute atomic E-state index is 11.9. The van der Waals surface area contributed by atoms with Gasteiger partial charge in [0.2, 0.25) is 0 Å². The molecule has 0 aliphatic rings. The lowest BCUT2D eigenvalue weighted by molar-refractivity contribution is -0.136. The van der Waals surface area contributed by atoms with Gasteiger partial charge in [-0.1, -0.05) is 54.1 Å². The predicted molar refractivity (Wildman–Crippen MR) is 101 cm³/mol. The van der Waals surface area contributed by atoms with Crippen LogP contribution in [0, 0.1) is 13.8 Å². The molecule has 0 aromatic heterocycles. The van der Waals surface area contributed by atoms with E-state index in [2.05, 4.69) is 15.8 Å². The van der Waals surface area contributed by atoms with Crippen molar-refractivity contribution in [1.82, 2.24) is 5.43 Å². The number of aryl methyl sites for hydroxylation is 2. The van der Waals surface area contributed by atoms with E-state index in [1.54, 1.807) is 19.1 Å². The van der Waals surface area contributed by atoms with Gasteiger partial charge in [-0.3, -0.25) is 9.59 Å². The van der Waals surface area contributed by atoms with E-state index in [4.69, 9.17) is 0 Å². The van der Waals surface area contributed by atoms with Gasteiger partial charge in [-0.2, -0.15) is 5.10 Å². The van der Waals surface area contributed by atoms with Crippen LogP contribution in [0.2, 0.25) is 0 Å². The topological polar surface area (TPSA) is 70.6 Å². The zero-order chi connectivity index (χ0) is 18.2. The lowest BCUT2D eigenvalue weighted by Gasteiger charge is -2.08. The van der Waals surface area contributed by atoms with Crippen molar-refractivity contribution in [2.24, 2.45) is 5.10 Å². The first-order valence-electron chi connectivity index (χ1n) is 7.91. The molecule has 5 nitrogen and oxygen atoms in total. The molecule has 128 valence electrons. The molecule has 0 spiro atoms. The summed E-state index contributed by atoms with van der Waals surface area (Å²) in [6, 6.07) is 15.3. The molecular weight excluding hydrogens is 314 g/mol. The van der Waals surface area contributed by atoms with Crippen molar-refractivity contribution >= 4 is 29.3 Å². The molecule has 0 aliphatic heterocycles. The largest absolute Gasteiger partial charge is 0.329 e. The Kier molecular flexibility index (Phi) is 6.23. The summed E-state index contributed by atoms with van der Waals surface area (Å²) in [7, 11) is 0. The second-order valence-electron chi connectivity index (χ2n) is 5.71. The van der Waals surface area contributed by atoms with Crippen LogP contribution in [-0.4, -0.2) is 17.5 Å². The lowest BCUT2D eigenvalue weighted by Crippen LogP contribution is -2.33. The maximum Gasteiger partial charge on any atom is 0.329 e. The fraction of sp³-hybridized carbons (Fsp3) is 0.150. The monoisotopic (exact) mass is 335 g/mol. The molecular formula is C20H21N3O2. The second-order valence-corrected chi connectivity index (χ2v) is 5.71. The SMILES string of the molecule is CC(/C=C/c1ccccc1)=N/NC(=O)C(=O)Nc1ccc(C)cc1C. The van der Waals surface area contributed by atoms with E-state index in [9.17, 15) is 9.59 Å². The normalized spacial score (nSPS) is 11.4. The van der Waals surface area contributed by atoms with Gasteiger partial charge >= 0.3 is 11.8 Å². The van der Waals surface area contributed by atoms with Crippen LogP contribution in [0.15, 0.2) is 59.7 Å². The van der Waals surface area contributed by atoms with E-state index in [1.807, 2.05) is 62.4 Å². The number of benzene rings is 2. The fourth-order valence-electron chi connectivity index (χ4n) is 2.14. The average molecular weight is 335 g/mol. The second kappa shape index (κ2) is 8.59. The molecule has 2 N–H and O–H groups in total. The molecule has 0 radical (unpaired) electrons. The minimum Gasteiger partial charge on any atom is -0.317 e. The predicted octanol–water partition coefficient (Wildman–Crippen LogP) is 3.45. The number of nitrogens with one attached hydrogen (secondary N) is 2. The van der Waals surface area contributed by atoms with E-state index < -0.39 is 11.8 Å². The number of anilines is 1. The van der Waals surface area contributed by atoms with E-state index >= 15 is 0 Å². The Hall–Kier alpha value is -3.21.